The maximum absolute atomic E-state index is 11.1. The minimum atomic E-state index is 0. The van der Waals surface area contributed by atoms with Crippen molar-refractivity contribution in [2.75, 3.05) is 46.2 Å². The Morgan fingerprint density at radius 3 is 2.00 bits per heavy atom. The zero-order valence-corrected chi connectivity index (χ0v) is 16.8. The van der Waals surface area contributed by atoms with Crippen molar-refractivity contribution in [1.29, 1.82) is 0 Å². The van der Waals surface area contributed by atoms with Crippen LogP contribution in [0.25, 0.3) is 0 Å². The molecule has 116 valence electrons. The average molecular weight is 315 g/mol. The van der Waals surface area contributed by atoms with Gasteiger partial charge in [-0.2, -0.15) is 0 Å². The summed E-state index contributed by atoms with van der Waals surface area (Å²) in [4.78, 5) is 11.1. The van der Waals surface area contributed by atoms with Gasteiger partial charge >= 0.3 is 51.4 Å². The van der Waals surface area contributed by atoms with Crippen molar-refractivity contribution in [3.05, 3.63) is 6.92 Å². The van der Waals surface area contributed by atoms with Gasteiger partial charge in [0.25, 0.3) is 0 Å². The minimum absolute atomic E-state index is 0. The molecule has 6 heteroatoms. The molecule has 0 rings (SSSR count). The van der Waals surface area contributed by atoms with E-state index in [4.69, 9.17) is 14.2 Å². The molecule has 0 aliphatic carbocycles. The van der Waals surface area contributed by atoms with E-state index < -0.39 is 0 Å². The Balaban J connectivity index is -0.000000916. The molecule has 1 amide bonds. The monoisotopic (exact) mass is 315 g/mol. The Morgan fingerprint density at radius 1 is 1.00 bits per heavy atom. The molecule has 0 saturated heterocycles. The van der Waals surface area contributed by atoms with Crippen LogP contribution in [0.4, 0.5) is 0 Å². The van der Waals surface area contributed by atoms with E-state index in [2.05, 4.69) is 12.2 Å². The first-order valence-corrected chi connectivity index (χ1v) is 7.10. The number of carbonyl (C=O) groups is 1. The summed E-state index contributed by atoms with van der Waals surface area (Å²) < 4.78 is 15.5. The van der Waals surface area contributed by atoms with E-state index in [1.807, 2.05) is 20.8 Å². The van der Waals surface area contributed by atoms with E-state index in [1.165, 1.54) is 0 Å². The summed E-state index contributed by atoms with van der Waals surface area (Å²) >= 11 is 0. The number of rotatable bonds is 12. The molecule has 0 fully saturated rings. The third-order valence-electron chi connectivity index (χ3n) is 1.93. The Kier molecular flexibility index (Phi) is 32.4. The summed E-state index contributed by atoms with van der Waals surface area (Å²) in [5.41, 5.74) is 0. The maximum atomic E-state index is 11.1. The summed E-state index contributed by atoms with van der Waals surface area (Å²) in [7, 11) is 0. The number of nitrogens with one attached hydrogen (secondary N) is 1. The van der Waals surface area contributed by atoms with E-state index in [0.717, 1.165) is 6.42 Å². The second kappa shape index (κ2) is 25.0. The third kappa shape index (κ3) is 24.0. The van der Waals surface area contributed by atoms with Gasteiger partial charge < -0.3 is 26.5 Å². The molecular formula is C14H30KNO4. The van der Waals surface area contributed by atoms with Gasteiger partial charge in [0.2, 0.25) is 5.91 Å². The van der Waals surface area contributed by atoms with Gasteiger partial charge in [-0.15, -0.1) is 0 Å². The van der Waals surface area contributed by atoms with Crippen LogP contribution in [0.3, 0.4) is 0 Å². The molecule has 0 atom stereocenters. The topological polar surface area (TPSA) is 56.8 Å². The zero-order valence-electron chi connectivity index (χ0n) is 13.7. The molecule has 0 spiro atoms. The number of ether oxygens (including phenoxy) is 3. The first-order chi connectivity index (χ1) is 9.31. The SMILES string of the molecule is CC.[CH2-]COCCOCCOCCNC(=O)CCC.[K+]. The maximum Gasteiger partial charge on any atom is 1.00 e. The largest absolute Gasteiger partial charge is 1.00 e. The predicted molar refractivity (Wildman–Crippen MR) is 77.1 cm³/mol. The second-order valence-electron chi connectivity index (χ2n) is 3.44. The van der Waals surface area contributed by atoms with Crippen LogP contribution in [0, 0.1) is 6.92 Å². The molecule has 1 N–H and O–H groups in total. The summed E-state index contributed by atoms with van der Waals surface area (Å²) in [5, 5.41) is 2.77. The van der Waals surface area contributed by atoms with Crippen molar-refractivity contribution >= 4 is 5.91 Å². The summed E-state index contributed by atoms with van der Waals surface area (Å²) in [6.45, 7) is 13.3. The van der Waals surface area contributed by atoms with Crippen molar-refractivity contribution in [2.45, 2.75) is 33.6 Å². The molecular weight excluding hydrogens is 285 g/mol. The molecule has 0 aliphatic rings. The van der Waals surface area contributed by atoms with Crippen LogP contribution in [0.1, 0.15) is 33.6 Å². The first-order valence-electron chi connectivity index (χ1n) is 7.10. The van der Waals surface area contributed by atoms with Gasteiger partial charge in [-0.3, -0.25) is 4.79 Å². The molecule has 5 nitrogen and oxygen atoms in total. The van der Waals surface area contributed by atoms with Crippen LogP contribution in [0.15, 0.2) is 0 Å². The van der Waals surface area contributed by atoms with Gasteiger partial charge in [0, 0.05) is 13.0 Å². The molecule has 20 heavy (non-hydrogen) atoms. The van der Waals surface area contributed by atoms with Crippen LogP contribution < -0.4 is 56.7 Å². The predicted octanol–water partition coefficient (Wildman–Crippen LogP) is -1.18. The molecule has 0 unspecified atom stereocenters. The molecule has 0 aromatic heterocycles. The van der Waals surface area contributed by atoms with E-state index >= 15 is 0 Å². The van der Waals surface area contributed by atoms with Gasteiger partial charge in [-0.05, 0) is 6.42 Å². The molecule has 0 bridgehead atoms. The summed E-state index contributed by atoms with van der Waals surface area (Å²) in [5.74, 6) is 0.0812. The van der Waals surface area contributed by atoms with Crippen molar-refractivity contribution in [1.82, 2.24) is 5.32 Å². The van der Waals surface area contributed by atoms with Crippen molar-refractivity contribution in [2.24, 2.45) is 0 Å². The number of hydrogen-bond acceptors (Lipinski definition) is 4. The zero-order chi connectivity index (χ0) is 14.8. The van der Waals surface area contributed by atoms with Crippen LogP contribution in [0.2, 0.25) is 0 Å². The molecule has 0 saturated carbocycles. The smallest absolute Gasteiger partial charge is 0.411 e. The standard InChI is InChI=1S/C12H24NO4.C2H6.K/c1-3-5-12(14)13-6-7-16-10-11-17-9-8-15-4-2;1-2;/h2-11H2,1H3,(H,13,14);1-2H3;/q-1;;+1. The van der Waals surface area contributed by atoms with Crippen LogP contribution in [-0.4, -0.2) is 52.1 Å². The Morgan fingerprint density at radius 2 is 1.50 bits per heavy atom. The van der Waals surface area contributed by atoms with Gasteiger partial charge in [-0.1, -0.05) is 27.4 Å². The van der Waals surface area contributed by atoms with Gasteiger partial charge in [0.1, 0.15) is 0 Å². The van der Waals surface area contributed by atoms with E-state index in [0.29, 0.717) is 52.6 Å². The van der Waals surface area contributed by atoms with Crippen LogP contribution in [-0.2, 0) is 19.0 Å². The first kappa shape index (κ1) is 25.9. The average Bonchev–Trinajstić information content (AvgIpc) is 2.43. The Bertz CT molecular complexity index is 183. The van der Waals surface area contributed by atoms with Gasteiger partial charge in [-0.25, -0.2) is 0 Å². The fourth-order valence-corrected chi connectivity index (χ4v) is 1.12. The van der Waals surface area contributed by atoms with Crippen LogP contribution >= 0.6 is 0 Å². The molecule has 0 aliphatic heterocycles. The van der Waals surface area contributed by atoms with E-state index in [-0.39, 0.29) is 57.3 Å². The van der Waals surface area contributed by atoms with Gasteiger partial charge in [0.05, 0.1) is 33.0 Å². The third-order valence-corrected chi connectivity index (χ3v) is 1.93. The second-order valence-corrected chi connectivity index (χ2v) is 3.44. The fraction of sp³-hybridized carbons (Fsp3) is 0.857. The van der Waals surface area contributed by atoms with E-state index in [9.17, 15) is 4.79 Å². The molecule has 0 aromatic carbocycles. The van der Waals surface area contributed by atoms with Gasteiger partial charge in [0.15, 0.2) is 0 Å². The number of hydrogen-bond donors (Lipinski definition) is 1. The number of carbonyl (C=O) groups excluding carboxylic acids is 1. The van der Waals surface area contributed by atoms with E-state index in [1.54, 1.807) is 0 Å². The molecule has 0 heterocycles. The number of amides is 1. The van der Waals surface area contributed by atoms with Crippen LogP contribution in [0.5, 0.6) is 0 Å². The fourth-order valence-electron chi connectivity index (χ4n) is 1.12. The minimum Gasteiger partial charge on any atom is -0.411 e. The summed E-state index contributed by atoms with van der Waals surface area (Å²) in [6.07, 6.45) is 1.45. The Hall–Kier alpha value is 0.986. The molecule has 0 aromatic rings. The summed E-state index contributed by atoms with van der Waals surface area (Å²) in [6, 6.07) is 0. The van der Waals surface area contributed by atoms with Crippen molar-refractivity contribution in [3.63, 3.8) is 0 Å². The molecule has 0 radical (unpaired) electrons. The quantitative estimate of drug-likeness (QED) is 0.280. The van der Waals surface area contributed by atoms with Crippen molar-refractivity contribution in [3.8, 4) is 0 Å². The van der Waals surface area contributed by atoms with Crippen molar-refractivity contribution < 1.29 is 70.4 Å². The normalized spacial score (nSPS) is 9.20. The Labute approximate surface area is 166 Å².